The molecule has 5 heteroatoms. The van der Waals surface area contributed by atoms with E-state index >= 15 is 0 Å². The van der Waals surface area contributed by atoms with E-state index in [0.29, 0.717) is 11.5 Å². The predicted molar refractivity (Wildman–Crippen MR) is 202 cm³/mol. The van der Waals surface area contributed by atoms with Crippen molar-refractivity contribution in [2.75, 3.05) is 0 Å². The van der Waals surface area contributed by atoms with E-state index in [9.17, 15) is 0 Å². The van der Waals surface area contributed by atoms with Crippen molar-refractivity contribution in [1.29, 1.82) is 0 Å². The summed E-state index contributed by atoms with van der Waals surface area (Å²) in [6.45, 7) is 0. The average molecular weight is 642 g/mol. The lowest BCUT2D eigenvalue weighted by Gasteiger charge is -2.10. The Kier molecular flexibility index (Phi) is 6.42. The van der Waals surface area contributed by atoms with E-state index in [4.69, 9.17) is 23.8 Å². The predicted octanol–water partition coefficient (Wildman–Crippen LogP) is 12.0. The summed E-state index contributed by atoms with van der Waals surface area (Å²) in [5, 5.41) is 3.93. The second-order valence-electron chi connectivity index (χ2n) is 12.4. The van der Waals surface area contributed by atoms with Crippen molar-refractivity contribution in [2.24, 2.45) is 0 Å². The number of aromatic nitrogens is 3. The zero-order chi connectivity index (χ0) is 33.0. The first-order valence-corrected chi connectivity index (χ1v) is 16.6. The molecule has 6 aromatic carbocycles. The minimum atomic E-state index is 0.572. The van der Waals surface area contributed by atoms with Crippen LogP contribution in [0.15, 0.2) is 173 Å². The average Bonchev–Trinajstić information content (AvgIpc) is 3.77. The summed E-state index contributed by atoms with van der Waals surface area (Å²) in [6, 6.07) is 55.7. The summed E-state index contributed by atoms with van der Waals surface area (Å²) in [5.41, 5.74) is 11.9. The molecule has 0 aliphatic heterocycles. The van der Waals surface area contributed by atoms with Crippen LogP contribution < -0.4 is 0 Å². The molecule has 0 unspecified atom stereocenters. The first kappa shape index (κ1) is 28.2. The second-order valence-corrected chi connectivity index (χ2v) is 12.4. The molecule has 10 aromatic rings. The van der Waals surface area contributed by atoms with Crippen molar-refractivity contribution in [1.82, 2.24) is 15.0 Å². The maximum atomic E-state index is 6.49. The van der Waals surface area contributed by atoms with Crippen LogP contribution in [0.4, 0.5) is 0 Å². The molecule has 5 nitrogen and oxygen atoms in total. The van der Waals surface area contributed by atoms with Gasteiger partial charge in [0.05, 0.1) is 27.9 Å². The lowest BCUT2D eigenvalue weighted by molar-refractivity contribution is 0.651. The number of furan rings is 2. The molecule has 0 saturated carbocycles. The number of hydrogen-bond donors (Lipinski definition) is 0. The van der Waals surface area contributed by atoms with Crippen molar-refractivity contribution in [3.8, 4) is 56.3 Å². The van der Waals surface area contributed by atoms with Gasteiger partial charge < -0.3 is 8.83 Å². The minimum absolute atomic E-state index is 0.572. The summed E-state index contributed by atoms with van der Waals surface area (Å²) in [5.74, 6) is 0.704. The highest BCUT2D eigenvalue weighted by atomic mass is 16.4. The van der Waals surface area contributed by atoms with E-state index < -0.39 is 0 Å². The molecular weight excluding hydrogens is 615 g/mol. The van der Waals surface area contributed by atoms with E-state index in [0.717, 1.165) is 88.8 Å². The molecule has 0 amide bonds. The largest absolute Gasteiger partial charge is 0.455 e. The Morgan fingerprint density at radius 2 is 0.840 bits per heavy atom. The first-order chi connectivity index (χ1) is 24.8. The Hall–Kier alpha value is -6.85. The van der Waals surface area contributed by atoms with Gasteiger partial charge in [0, 0.05) is 33.0 Å². The highest BCUT2D eigenvalue weighted by Crippen LogP contribution is 2.43. The molecule has 10 rings (SSSR count). The zero-order valence-corrected chi connectivity index (χ0v) is 26.7. The van der Waals surface area contributed by atoms with Crippen LogP contribution in [0.25, 0.3) is 100 Å². The summed E-state index contributed by atoms with van der Waals surface area (Å²) < 4.78 is 12.7. The quantitative estimate of drug-likeness (QED) is 0.187. The number of nitrogens with zero attached hydrogens (tertiary/aromatic N) is 3. The van der Waals surface area contributed by atoms with E-state index in [1.54, 1.807) is 0 Å². The SMILES string of the molecule is c1ccc(-c2cc(-c3ccc(-c4ccc(-c5nc6oc7ccccc7c6c6oc7ccccc7c56)cc4)cc3)nc(-c3ccccc3)n2)cc1. The molecule has 0 atom stereocenters. The van der Waals surface area contributed by atoms with Gasteiger partial charge in [-0.1, -0.05) is 146 Å². The number of hydrogen-bond acceptors (Lipinski definition) is 5. The molecule has 0 radical (unpaired) electrons. The monoisotopic (exact) mass is 641 g/mol. The Bertz CT molecular complexity index is 2780. The number of para-hydroxylation sites is 2. The van der Waals surface area contributed by atoms with Gasteiger partial charge in [-0.15, -0.1) is 0 Å². The van der Waals surface area contributed by atoms with Crippen LogP contribution in [0.5, 0.6) is 0 Å². The molecule has 0 spiro atoms. The van der Waals surface area contributed by atoms with Gasteiger partial charge >= 0.3 is 0 Å². The lowest BCUT2D eigenvalue weighted by Crippen LogP contribution is -1.95. The molecule has 0 aliphatic rings. The number of pyridine rings is 1. The van der Waals surface area contributed by atoms with Gasteiger partial charge in [0.2, 0.25) is 5.71 Å². The Balaban J connectivity index is 1.03. The van der Waals surface area contributed by atoms with Gasteiger partial charge in [-0.3, -0.25) is 0 Å². The third kappa shape index (κ3) is 4.67. The van der Waals surface area contributed by atoms with Gasteiger partial charge in [0.25, 0.3) is 0 Å². The third-order valence-corrected chi connectivity index (χ3v) is 9.35. The molecule has 234 valence electrons. The fraction of sp³-hybridized carbons (Fsp3) is 0. The summed E-state index contributed by atoms with van der Waals surface area (Å²) >= 11 is 0. The number of fused-ring (bicyclic) bond motifs is 7. The summed E-state index contributed by atoms with van der Waals surface area (Å²) in [7, 11) is 0. The molecule has 0 aliphatic carbocycles. The standard InChI is InChI=1S/C45H27N3O2/c1-3-11-30(12-4-1)36-27-37(47-44(46-36)33-13-5-2-6-14-33)31-23-19-28(20-24-31)29-21-25-32(26-22-29)42-40-34-15-7-9-17-38(34)49-43(40)41-35-16-8-10-18-39(35)50-45(41)48-42/h1-27H. The van der Waals surface area contributed by atoms with Crippen molar-refractivity contribution in [3.05, 3.63) is 164 Å². The third-order valence-electron chi connectivity index (χ3n) is 9.35. The Morgan fingerprint density at radius 1 is 0.360 bits per heavy atom. The van der Waals surface area contributed by atoms with Gasteiger partial charge in [-0.25, -0.2) is 15.0 Å². The van der Waals surface area contributed by atoms with Gasteiger partial charge in [-0.2, -0.15) is 0 Å². The first-order valence-electron chi connectivity index (χ1n) is 16.6. The van der Waals surface area contributed by atoms with Crippen LogP contribution in [-0.4, -0.2) is 15.0 Å². The molecule has 50 heavy (non-hydrogen) atoms. The van der Waals surface area contributed by atoms with Crippen LogP contribution >= 0.6 is 0 Å². The number of benzene rings is 6. The van der Waals surface area contributed by atoms with Crippen molar-refractivity contribution >= 4 is 44.0 Å². The van der Waals surface area contributed by atoms with Crippen LogP contribution in [0.3, 0.4) is 0 Å². The maximum absolute atomic E-state index is 6.49. The molecule has 0 bridgehead atoms. The second kappa shape index (κ2) is 11.4. The van der Waals surface area contributed by atoms with Crippen LogP contribution in [0.1, 0.15) is 0 Å². The maximum Gasteiger partial charge on any atom is 0.231 e. The molecule has 0 N–H and O–H groups in total. The van der Waals surface area contributed by atoms with Crippen molar-refractivity contribution < 1.29 is 8.83 Å². The van der Waals surface area contributed by atoms with Crippen LogP contribution in [-0.2, 0) is 0 Å². The zero-order valence-electron chi connectivity index (χ0n) is 26.7. The smallest absolute Gasteiger partial charge is 0.231 e. The van der Waals surface area contributed by atoms with Gasteiger partial charge in [-0.05, 0) is 29.3 Å². The highest BCUT2D eigenvalue weighted by Gasteiger charge is 2.22. The fourth-order valence-corrected chi connectivity index (χ4v) is 6.88. The summed E-state index contributed by atoms with van der Waals surface area (Å²) in [4.78, 5) is 15.0. The molecular formula is C45H27N3O2. The van der Waals surface area contributed by atoms with Crippen molar-refractivity contribution in [2.45, 2.75) is 0 Å². The minimum Gasteiger partial charge on any atom is -0.455 e. The lowest BCUT2D eigenvalue weighted by atomic mass is 9.98. The molecule has 4 aromatic heterocycles. The topological polar surface area (TPSA) is 65.0 Å². The molecule has 0 saturated heterocycles. The van der Waals surface area contributed by atoms with Crippen molar-refractivity contribution in [3.63, 3.8) is 0 Å². The van der Waals surface area contributed by atoms with Crippen LogP contribution in [0.2, 0.25) is 0 Å². The number of rotatable bonds is 5. The van der Waals surface area contributed by atoms with Gasteiger partial charge in [0.1, 0.15) is 11.2 Å². The summed E-state index contributed by atoms with van der Waals surface area (Å²) in [6.07, 6.45) is 0. The molecule has 4 heterocycles. The van der Waals surface area contributed by atoms with E-state index in [2.05, 4.69) is 78.9 Å². The van der Waals surface area contributed by atoms with Crippen LogP contribution in [0, 0.1) is 0 Å². The Labute approximate surface area is 287 Å². The molecule has 0 fully saturated rings. The highest BCUT2D eigenvalue weighted by molar-refractivity contribution is 6.24. The fourth-order valence-electron chi connectivity index (χ4n) is 6.88. The Morgan fingerprint density at radius 3 is 1.48 bits per heavy atom. The van der Waals surface area contributed by atoms with E-state index in [-0.39, 0.29) is 0 Å². The van der Waals surface area contributed by atoms with Gasteiger partial charge in [0.15, 0.2) is 11.4 Å². The van der Waals surface area contributed by atoms with E-state index in [1.165, 1.54) is 0 Å². The normalized spacial score (nSPS) is 11.6. The van der Waals surface area contributed by atoms with E-state index in [1.807, 2.05) is 84.9 Å².